The normalized spacial score (nSPS) is 14.2. The zero-order chi connectivity index (χ0) is 17.3. The number of hydrogen-bond acceptors (Lipinski definition) is 5. The third-order valence-electron chi connectivity index (χ3n) is 4.20. The monoisotopic (exact) mass is 349 g/mol. The lowest BCUT2D eigenvalue weighted by molar-refractivity contribution is 0.0782. The summed E-state index contributed by atoms with van der Waals surface area (Å²) in [5.41, 5.74) is 2.30. The van der Waals surface area contributed by atoms with E-state index >= 15 is 0 Å². The van der Waals surface area contributed by atoms with Crippen LogP contribution < -0.4 is 5.14 Å². The molecular weight excluding hydrogens is 330 g/mol. The van der Waals surface area contributed by atoms with Crippen LogP contribution in [-0.4, -0.2) is 31.4 Å². The molecule has 7 nitrogen and oxygen atoms in total. The highest BCUT2D eigenvalue weighted by Crippen LogP contribution is 2.25. The summed E-state index contributed by atoms with van der Waals surface area (Å²) in [6.07, 6.45) is 4.04. The molecule has 3 rings (SSSR count). The van der Waals surface area contributed by atoms with E-state index in [-0.39, 0.29) is 10.8 Å². The van der Waals surface area contributed by atoms with Gasteiger partial charge in [0.25, 0.3) is 5.91 Å². The Labute approximate surface area is 140 Å². The summed E-state index contributed by atoms with van der Waals surface area (Å²) in [6.45, 7) is 0.356. The summed E-state index contributed by atoms with van der Waals surface area (Å²) in [5.74, 6) is 0.707. The van der Waals surface area contributed by atoms with Crippen LogP contribution in [0, 0.1) is 0 Å². The Hall–Kier alpha value is -2.19. The Bertz CT molecular complexity index is 856. The van der Waals surface area contributed by atoms with Crippen LogP contribution in [0.4, 0.5) is 0 Å². The summed E-state index contributed by atoms with van der Waals surface area (Å²) in [4.78, 5) is 14.0. The van der Waals surface area contributed by atoms with E-state index in [9.17, 15) is 13.2 Å². The number of nitrogens with two attached hydrogens (primary N) is 1. The summed E-state index contributed by atoms with van der Waals surface area (Å²) in [7, 11) is -2.08. The molecule has 0 aliphatic heterocycles. The molecule has 128 valence electrons. The van der Waals surface area contributed by atoms with E-state index in [4.69, 9.17) is 9.66 Å². The Morgan fingerprint density at radius 3 is 2.58 bits per heavy atom. The fourth-order valence-electron chi connectivity index (χ4n) is 2.88. The SMILES string of the molecule is CN(Cc1noc2c1CCCC2)C(=O)c1ccc(S(N)(=O)=O)cc1. The largest absolute Gasteiger partial charge is 0.361 e. The highest BCUT2D eigenvalue weighted by atomic mass is 32.2. The number of primary sulfonamides is 1. The van der Waals surface area contributed by atoms with Crippen molar-refractivity contribution >= 4 is 15.9 Å². The van der Waals surface area contributed by atoms with Crippen molar-refractivity contribution in [2.24, 2.45) is 5.14 Å². The number of nitrogens with zero attached hydrogens (tertiary/aromatic N) is 2. The molecule has 0 saturated carbocycles. The van der Waals surface area contributed by atoms with Crippen molar-refractivity contribution in [3.05, 3.63) is 46.8 Å². The van der Waals surface area contributed by atoms with Crippen molar-refractivity contribution in [1.82, 2.24) is 10.1 Å². The van der Waals surface area contributed by atoms with Crippen LogP contribution in [-0.2, 0) is 29.4 Å². The van der Waals surface area contributed by atoms with Crippen LogP contribution in [0.1, 0.15) is 40.2 Å². The first-order valence-electron chi connectivity index (χ1n) is 7.71. The second-order valence-corrected chi connectivity index (χ2v) is 7.53. The quantitative estimate of drug-likeness (QED) is 0.899. The minimum atomic E-state index is -3.76. The average molecular weight is 349 g/mol. The van der Waals surface area contributed by atoms with Gasteiger partial charge in [0.15, 0.2) is 0 Å². The maximum Gasteiger partial charge on any atom is 0.253 e. The molecule has 0 fully saturated rings. The highest BCUT2D eigenvalue weighted by Gasteiger charge is 2.22. The lowest BCUT2D eigenvalue weighted by atomic mass is 9.96. The lowest BCUT2D eigenvalue weighted by Crippen LogP contribution is -2.27. The first kappa shape index (κ1) is 16.7. The van der Waals surface area contributed by atoms with Gasteiger partial charge in [0.1, 0.15) is 11.5 Å². The molecule has 8 heteroatoms. The predicted molar refractivity (Wildman–Crippen MR) is 86.8 cm³/mol. The van der Waals surface area contributed by atoms with Crippen LogP contribution >= 0.6 is 0 Å². The Morgan fingerprint density at radius 1 is 1.25 bits per heavy atom. The van der Waals surface area contributed by atoms with E-state index in [1.807, 2.05) is 0 Å². The maximum atomic E-state index is 12.5. The average Bonchev–Trinajstić information content (AvgIpc) is 2.96. The van der Waals surface area contributed by atoms with Gasteiger partial charge in [0, 0.05) is 24.6 Å². The fourth-order valence-corrected chi connectivity index (χ4v) is 3.39. The zero-order valence-electron chi connectivity index (χ0n) is 13.4. The number of aryl methyl sites for hydroxylation is 1. The second-order valence-electron chi connectivity index (χ2n) is 5.97. The van der Waals surface area contributed by atoms with Crippen molar-refractivity contribution in [3.63, 3.8) is 0 Å². The number of hydrogen-bond donors (Lipinski definition) is 1. The summed E-state index contributed by atoms with van der Waals surface area (Å²) >= 11 is 0. The van der Waals surface area contributed by atoms with Crippen molar-refractivity contribution in [2.45, 2.75) is 37.1 Å². The van der Waals surface area contributed by atoms with E-state index in [1.165, 1.54) is 24.3 Å². The molecule has 0 spiro atoms. The van der Waals surface area contributed by atoms with Gasteiger partial charge in [-0.05, 0) is 43.5 Å². The second kappa shape index (κ2) is 6.37. The Balaban J connectivity index is 1.74. The van der Waals surface area contributed by atoms with E-state index in [0.717, 1.165) is 42.7 Å². The Morgan fingerprint density at radius 2 is 1.92 bits per heavy atom. The van der Waals surface area contributed by atoms with Gasteiger partial charge in [-0.25, -0.2) is 13.6 Å². The molecule has 0 radical (unpaired) electrons. The maximum absolute atomic E-state index is 12.5. The molecule has 0 unspecified atom stereocenters. The molecule has 1 aliphatic carbocycles. The van der Waals surface area contributed by atoms with Crippen molar-refractivity contribution < 1.29 is 17.7 Å². The third kappa shape index (κ3) is 3.34. The molecule has 2 N–H and O–H groups in total. The summed E-state index contributed by atoms with van der Waals surface area (Å²) < 4.78 is 27.9. The van der Waals surface area contributed by atoms with Crippen LogP contribution in [0.3, 0.4) is 0 Å². The standard InChI is InChI=1S/C16H19N3O4S/c1-19(10-14-13-4-2-3-5-15(13)23-18-14)16(20)11-6-8-12(9-7-11)24(17,21)22/h6-9H,2-5,10H2,1H3,(H2,17,21,22). The number of aromatic nitrogens is 1. The van der Waals surface area contributed by atoms with Crippen molar-refractivity contribution in [2.75, 3.05) is 7.05 Å². The van der Waals surface area contributed by atoms with Gasteiger partial charge in [-0.2, -0.15) is 0 Å². The van der Waals surface area contributed by atoms with Gasteiger partial charge in [-0.3, -0.25) is 4.79 Å². The Kier molecular flexibility index (Phi) is 4.42. The number of benzene rings is 1. The number of fused-ring (bicyclic) bond motifs is 1. The van der Waals surface area contributed by atoms with Gasteiger partial charge >= 0.3 is 0 Å². The van der Waals surface area contributed by atoms with E-state index in [0.29, 0.717) is 12.1 Å². The molecule has 2 aromatic rings. The van der Waals surface area contributed by atoms with Crippen molar-refractivity contribution in [1.29, 1.82) is 0 Å². The molecule has 0 atom stereocenters. The minimum Gasteiger partial charge on any atom is -0.361 e. The number of carbonyl (C=O) groups excluding carboxylic acids is 1. The molecular formula is C16H19N3O4S. The third-order valence-corrected chi connectivity index (χ3v) is 5.12. The van der Waals surface area contributed by atoms with Crippen LogP contribution in [0.5, 0.6) is 0 Å². The molecule has 24 heavy (non-hydrogen) atoms. The van der Waals surface area contributed by atoms with Crippen molar-refractivity contribution in [3.8, 4) is 0 Å². The molecule has 1 amide bonds. The van der Waals surface area contributed by atoms with E-state index < -0.39 is 10.0 Å². The molecule has 1 aromatic carbocycles. The highest BCUT2D eigenvalue weighted by molar-refractivity contribution is 7.89. The molecule has 1 aliphatic rings. The number of sulfonamides is 1. The molecule has 1 aromatic heterocycles. The number of carbonyl (C=O) groups is 1. The molecule has 0 saturated heterocycles. The zero-order valence-corrected chi connectivity index (χ0v) is 14.2. The van der Waals surface area contributed by atoms with E-state index in [1.54, 1.807) is 11.9 Å². The minimum absolute atomic E-state index is 0.0210. The first-order chi connectivity index (χ1) is 11.4. The fraction of sp³-hybridized carbons (Fsp3) is 0.375. The topological polar surface area (TPSA) is 106 Å². The molecule has 0 bridgehead atoms. The number of rotatable bonds is 4. The van der Waals surface area contributed by atoms with Gasteiger partial charge in [-0.1, -0.05) is 5.16 Å². The summed E-state index contributed by atoms with van der Waals surface area (Å²) in [5, 5.41) is 9.15. The predicted octanol–water partition coefficient (Wildman–Crippen LogP) is 1.47. The van der Waals surface area contributed by atoms with Gasteiger partial charge in [0.2, 0.25) is 10.0 Å². The van der Waals surface area contributed by atoms with Crippen LogP contribution in [0.15, 0.2) is 33.7 Å². The van der Waals surface area contributed by atoms with Crippen LogP contribution in [0.25, 0.3) is 0 Å². The lowest BCUT2D eigenvalue weighted by Gasteiger charge is -2.17. The van der Waals surface area contributed by atoms with E-state index in [2.05, 4.69) is 5.16 Å². The van der Waals surface area contributed by atoms with Gasteiger partial charge < -0.3 is 9.42 Å². The smallest absolute Gasteiger partial charge is 0.253 e. The van der Waals surface area contributed by atoms with Gasteiger partial charge in [-0.15, -0.1) is 0 Å². The van der Waals surface area contributed by atoms with Gasteiger partial charge in [0.05, 0.1) is 11.4 Å². The summed E-state index contributed by atoms with van der Waals surface area (Å²) in [6, 6.07) is 5.57. The first-order valence-corrected chi connectivity index (χ1v) is 9.25. The number of amides is 1. The van der Waals surface area contributed by atoms with Crippen LogP contribution in [0.2, 0.25) is 0 Å². The molecule has 1 heterocycles.